The van der Waals surface area contributed by atoms with E-state index in [1.54, 1.807) is 18.5 Å². The van der Waals surface area contributed by atoms with Gasteiger partial charge in [0.25, 0.3) is 0 Å². The highest BCUT2D eigenvalue weighted by Gasteiger charge is 2.11. The van der Waals surface area contributed by atoms with Crippen LogP contribution in [0.5, 0.6) is 0 Å². The van der Waals surface area contributed by atoms with Crippen LogP contribution in [0.3, 0.4) is 0 Å². The third-order valence-electron chi connectivity index (χ3n) is 6.37. The molecule has 1 aliphatic rings. The Morgan fingerprint density at radius 1 is 0.973 bits per heavy atom. The van der Waals surface area contributed by atoms with E-state index >= 15 is 0 Å². The monoisotopic (exact) mass is 493 g/mol. The minimum absolute atomic E-state index is 0.186. The van der Waals surface area contributed by atoms with E-state index < -0.39 is 0 Å². The van der Waals surface area contributed by atoms with Crippen molar-refractivity contribution in [3.05, 3.63) is 108 Å². The average molecular weight is 494 g/mol. The van der Waals surface area contributed by atoms with Gasteiger partial charge in [0.2, 0.25) is 5.91 Å². The standard InChI is InChI=1S/C30H31N5O2/c36-29(32-28-11-8-24(9-12-28)14-16-34-17-19-37-20-18-34)13-10-27-23-35(22-25-5-2-1-3-6-25)33-30(27)26-7-4-15-31-21-26/h1-13,15,21,23H,14,16-20,22H2,(H,32,36)/b13-10+. The van der Waals surface area contributed by atoms with Gasteiger partial charge in [-0.1, -0.05) is 42.5 Å². The first-order valence-corrected chi connectivity index (χ1v) is 12.6. The fraction of sp³-hybridized carbons (Fsp3) is 0.233. The molecule has 2 aromatic heterocycles. The highest BCUT2D eigenvalue weighted by molar-refractivity contribution is 6.02. The molecule has 1 aliphatic heterocycles. The predicted molar refractivity (Wildman–Crippen MR) is 146 cm³/mol. The zero-order valence-electron chi connectivity index (χ0n) is 20.8. The van der Waals surface area contributed by atoms with Gasteiger partial charge in [0.1, 0.15) is 5.69 Å². The van der Waals surface area contributed by atoms with Crippen LogP contribution >= 0.6 is 0 Å². The maximum atomic E-state index is 12.7. The molecule has 188 valence electrons. The number of aromatic nitrogens is 3. The second kappa shape index (κ2) is 12.3. The Morgan fingerprint density at radius 3 is 2.54 bits per heavy atom. The van der Waals surface area contributed by atoms with Gasteiger partial charge in [-0.05, 0) is 47.9 Å². The molecule has 0 spiro atoms. The van der Waals surface area contributed by atoms with Crippen molar-refractivity contribution < 1.29 is 9.53 Å². The topological polar surface area (TPSA) is 72.3 Å². The lowest BCUT2D eigenvalue weighted by Crippen LogP contribution is -2.37. The Bertz CT molecular complexity index is 1310. The van der Waals surface area contributed by atoms with E-state index in [1.807, 2.05) is 59.4 Å². The molecule has 37 heavy (non-hydrogen) atoms. The van der Waals surface area contributed by atoms with Gasteiger partial charge >= 0.3 is 0 Å². The Labute approximate surface area is 217 Å². The fourth-order valence-corrected chi connectivity index (χ4v) is 4.35. The number of anilines is 1. The van der Waals surface area contributed by atoms with E-state index in [-0.39, 0.29) is 5.91 Å². The third-order valence-corrected chi connectivity index (χ3v) is 6.37. The number of nitrogens with zero attached hydrogens (tertiary/aromatic N) is 4. The van der Waals surface area contributed by atoms with Crippen molar-refractivity contribution in [2.24, 2.45) is 0 Å². The molecule has 1 N–H and O–H groups in total. The average Bonchev–Trinajstić information content (AvgIpc) is 3.35. The summed E-state index contributed by atoms with van der Waals surface area (Å²) >= 11 is 0. The van der Waals surface area contributed by atoms with Crippen LogP contribution in [0.15, 0.2) is 91.4 Å². The summed E-state index contributed by atoms with van der Waals surface area (Å²) in [5.41, 5.74) is 5.74. The summed E-state index contributed by atoms with van der Waals surface area (Å²) < 4.78 is 7.31. The molecule has 2 aromatic carbocycles. The molecular weight excluding hydrogens is 462 g/mol. The van der Waals surface area contributed by atoms with Crippen LogP contribution in [-0.2, 0) is 22.5 Å². The van der Waals surface area contributed by atoms with Crippen molar-refractivity contribution in [2.45, 2.75) is 13.0 Å². The van der Waals surface area contributed by atoms with Crippen LogP contribution in [0.4, 0.5) is 5.69 Å². The molecule has 1 saturated heterocycles. The smallest absolute Gasteiger partial charge is 0.248 e. The molecule has 0 bridgehead atoms. The minimum atomic E-state index is -0.186. The normalized spacial score (nSPS) is 14.2. The van der Waals surface area contributed by atoms with Crippen LogP contribution in [0.1, 0.15) is 16.7 Å². The van der Waals surface area contributed by atoms with Gasteiger partial charge in [-0.15, -0.1) is 0 Å². The molecule has 3 heterocycles. The van der Waals surface area contributed by atoms with Gasteiger partial charge < -0.3 is 10.1 Å². The van der Waals surface area contributed by atoms with Crippen molar-refractivity contribution in [1.82, 2.24) is 19.7 Å². The van der Waals surface area contributed by atoms with Crippen molar-refractivity contribution >= 4 is 17.7 Å². The van der Waals surface area contributed by atoms with E-state index in [4.69, 9.17) is 9.84 Å². The number of amides is 1. The number of carbonyl (C=O) groups is 1. The quantitative estimate of drug-likeness (QED) is 0.347. The van der Waals surface area contributed by atoms with Gasteiger partial charge in [-0.25, -0.2) is 0 Å². The second-order valence-electron chi connectivity index (χ2n) is 9.08. The number of morpholine rings is 1. The summed E-state index contributed by atoms with van der Waals surface area (Å²) in [7, 11) is 0. The SMILES string of the molecule is O=C(/C=C/c1cn(Cc2ccccc2)nc1-c1cccnc1)Nc1ccc(CCN2CCOCC2)cc1. The summed E-state index contributed by atoms with van der Waals surface area (Å²) in [5.74, 6) is -0.186. The second-order valence-corrected chi connectivity index (χ2v) is 9.08. The van der Waals surface area contributed by atoms with Crippen LogP contribution < -0.4 is 5.32 Å². The molecule has 7 nitrogen and oxygen atoms in total. The van der Waals surface area contributed by atoms with E-state index in [0.717, 1.165) is 67.3 Å². The van der Waals surface area contributed by atoms with Crippen molar-refractivity contribution in [3.63, 3.8) is 0 Å². The minimum Gasteiger partial charge on any atom is -0.379 e. The first-order chi connectivity index (χ1) is 18.2. The molecule has 0 aliphatic carbocycles. The zero-order chi connectivity index (χ0) is 25.3. The number of carbonyl (C=O) groups excluding carboxylic acids is 1. The van der Waals surface area contributed by atoms with Crippen LogP contribution in [0.2, 0.25) is 0 Å². The van der Waals surface area contributed by atoms with Crippen LogP contribution in [0.25, 0.3) is 17.3 Å². The van der Waals surface area contributed by atoms with Gasteiger partial charge in [0, 0.05) is 61.1 Å². The van der Waals surface area contributed by atoms with Gasteiger partial charge in [-0.2, -0.15) is 5.10 Å². The summed E-state index contributed by atoms with van der Waals surface area (Å²) in [4.78, 5) is 19.3. The lowest BCUT2D eigenvalue weighted by Gasteiger charge is -2.26. The van der Waals surface area contributed by atoms with Crippen molar-refractivity contribution in [3.8, 4) is 11.3 Å². The maximum Gasteiger partial charge on any atom is 0.248 e. The Balaban J connectivity index is 1.23. The van der Waals surface area contributed by atoms with E-state index in [0.29, 0.717) is 6.54 Å². The summed E-state index contributed by atoms with van der Waals surface area (Å²) in [5, 5.41) is 7.74. The van der Waals surface area contributed by atoms with E-state index in [9.17, 15) is 4.79 Å². The van der Waals surface area contributed by atoms with Crippen LogP contribution in [-0.4, -0.2) is 58.4 Å². The number of pyridine rings is 1. The molecule has 7 heteroatoms. The zero-order valence-corrected chi connectivity index (χ0v) is 20.8. The first-order valence-electron chi connectivity index (χ1n) is 12.6. The summed E-state index contributed by atoms with van der Waals surface area (Å²) in [6.07, 6.45) is 9.83. The Kier molecular flexibility index (Phi) is 8.15. The van der Waals surface area contributed by atoms with Crippen molar-refractivity contribution in [1.29, 1.82) is 0 Å². The molecule has 0 atom stereocenters. The lowest BCUT2D eigenvalue weighted by atomic mass is 10.1. The fourth-order valence-electron chi connectivity index (χ4n) is 4.35. The molecule has 0 unspecified atom stereocenters. The Hall–Kier alpha value is -4.07. The van der Waals surface area contributed by atoms with Crippen LogP contribution in [0, 0.1) is 0 Å². The predicted octanol–water partition coefficient (Wildman–Crippen LogP) is 4.52. The Morgan fingerprint density at radius 2 is 1.78 bits per heavy atom. The van der Waals surface area contributed by atoms with E-state index in [1.165, 1.54) is 5.56 Å². The number of benzene rings is 2. The van der Waals surface area contributed by atoms with Gasteiger partial charge in [-0.3, -0.25) is 19.4 Å². The number of rotatable bonds is 9. The number of ether oxygens (including phenoxy) is 1. The molecular formula is C30H31N5O2. The molecule has 4 aromatic rings. The van der Waals surface area contributed by atoms with E-state index in [2.05, 4.69) is 39.5 Å². The number of hydrogen-bond acceptors (Lipinski definition) is 5. The molecule has 1 fully saturated rings. The van der Waals surface area contributed by atoms with Crippen molar-refractivity contribution in [2.75, 3.05) is 38.2 Å². The summed E-state index contributed by atoms with van der Waals surface area (Å²) in [6, 6.07) is 22.1. The van der Waals surface area contributed by atoms with Gasteiger partial charge in [0.05, 0.1) is 19.8 Å². The van der Waals surface area contributed by atoms with Gasteiger partial charge in [0.15, 0.2) is 0 Å². The third kappa shape index (κ3) is 7.00. The highest BCUT2D eigenvalue weighted by Crippen LogP contribution is 2.23. The number of nitrogens with one attached hydrogen (secondary N) is 1. The number of hydrogen-bond donors (Lipinski definition) is 1. The molecule has 0 saturated carbocycles. The first kappa shape index (κ1) is 24.6. The highest BCUT2D eigenvalue weighted by atomic mass is 16.5. The molecule has 5 rings (SSSR count). The lowest BCUT2D eigenvalue weighted by molar-refractivity contribution is -0.111. The molecule has 0 radical (unpaired) electrons. The largest absolute Gasteiger partial charge is 0.379 e. The maximum absolute atomic E-state index is 12.7. The summed E-state index contributed by atoms with van der Waals surface area (Å²) in [6.45, 7) is 5.29. The molecule has 1 amide bonds.